The lowest BCUT2D eigenvalue weighted by atomic mass is 10.1. The highest BCUT2D eigenvalue weighted by atomic mass is 32.2. The summed E-state index contributed by atoms with van der Waals surface area (Å²) in [7, 11) is -3.74. The van der Waals surface area contributed by atoms with Gasteiger partial charge in [0.15, 0.2) is 0 Å². The van der Waals surface area contributed by atoms with Crippen LogP contribution in [-0.4, -0.2) is 30.8 Å². The molecule has 6 nitrogen and oxygen atoms in total. The monoisotopic (exact) mass is 340 g/mol. The smallest absolute Gasteiger partial charge is 0.244 e. The fraction of sp³-hybridized carbons (Fsp3) is 0.400. The molecule has 1 atom stereocenters. The molecule has 1 aromatic carbocycles. The van der Waals surface area contributed by atoms with Crippen LogP contribution in [0.2, 0.25) is 0 Å². The number of nitrogens with two attached hydrogens (primary N) is 1. The number of benzene rings is 1. The topological polar surface area (TPSA) is 90.0 Å². The maximum absolute atomic E-state index is 13.7. The summed E-state index contributed by atoms with van der Waals surface area (Å²) >= 11 is 0. The lowest BCUT2D eigenvalue weighted by Gasteiger charge is -2.15. The highest BCUT2D eigenvalue weighted by molar-refractivity contribution is 7.89. The number of hydrogen-bond acceptors (Lipinski definition) is 4. The van der Waals surface area contributed by atoms with Gasteiger partial charge in [-0.15, -0.1) is 0 Å². The van der Waals surface area contributed by atoms with Crippen LogP contribution < -0.4 is 10.5 Å². The van der Waals surface area contributed by atoms with Gasteiger partial charge in [0, 0.05) is 12.6 Å². The van der Waals surface area contributed by atoms with Crippen LogP contribution in [0.1, 0.15) is 26.2 Å². The molecule has 0 aliphatic carbocycles. The number of hydrogen-bond donors (Lipinski definition) is 2. The Bertz CT molecular complexity index is 745. The molecule has 23 heavy (non-hydrogen) atoms. The molecule has 1 heterocycles. The van der Waals surface area contributed by atoms with E-state index in [1.807, 2.05) is 6.92 Å². The zero-order valence-corrected chi connectivity index (χ0v) is 13.8. The van der Waals surface area contributed by atoms with Crippen molar-refractivity contribution in [1.29, 1.82) is 0 Å². The first-order chi connectivity index (χ1) is 11.0. The number of halogens is 1. The van der Waals surface area contributed by atoms with Crippen molar-refractivity contribution in [2.24, 2.45) is 5.73 Å². The fourth-order valence-electron chi connectivity index (χ4n) is 2.18. The van der Waals surface area contributed by atoms with Crippen LogP contribution in [0.3, 0.4) is 0 Å². The van der Waals surface area contributed by atoms with Crippen molar-refractivity contribution in [3.8, 4) is 5.69 Å². The van der Waals surface area contributed by atoms with E-state index in [2.05, 4.69) is 9.82 Å². The summed E-state index contributed by atoms with van der Waals surface area (Å²) in [6.07, 6.45) is 5.01. The van der Waals surface area contributed by atoms with Gasteiger partial charge in [0.1, 0.15) is 16.4 Å². The summed E-state index contributed by atoms with van der Waals surface area (Å²) in [5.41, 5.74) is 5.81. The Morgan fingerprint density at radius 1 is 1.39 bits per heavy atom. The third-order valence-electron chi connectivity index (χ3n) is 3.48. The van der Waals surface area contributed by atoms with E-state index in [1.54, 1.807) is 12.1 Å². The van der Waals surface area contributed by atoms with E-state index in [0.29, 0.717) is 6.42 Å². The molecule has 0 saturated carbocycles. The van der Waals surface area contributed by atoms with Crippen LogP contribution in [0, 0.1) is 5.82 Å². The number of rotatable bonds is 8. The summed E-state index contributed by atoms with van der Waals surface area (Å²) in [5.74, 6) is -0.477. The molecular formula is C15H21FN4O2S. The summed E-state index contributed by atoms with van der Waals surface area (Å²) in [6.45, 7) is 2.25. The first-order valence-electron chi connectivity index (χ1n) is 7.50. The predicted molar refractivity (Wildman–Crippen MR) is 86.2 cm³/mol. The largest absolute Gasteiger partial charge is 0.329 e. The van der Waals surface area contributed by atoms with Crippen molar-refractivity contribution in [3.63, 3.8) is 0 Å². The lowest BCUT2D eigenvalue weighted by Crippen LogP contribution is -2.39. The van der Waals surface area contributed by atoms with Crippen molar-refractivity contribution >= 4 is 10.0 Å². The minimum Gasteiger partial charge on any atom is -0.329 e. The Morgan fingerprint density at radius 3 is 2.78 bits per heavy atom. The van der Waals surface area contributed by atoms with Gasteiger partial charge in [0.2, 0.25) is 10.0 Å². The van der Waals surface area contributed by atoms with Crippen LogP contribution in [0.5, 0.6) is 0 Å². The molecule has 0 amide bonds. The van der Waals surface area contributed by atoms with Gasteiger partial charge in [-0.25, -0.2) is 22.2 Å². The van der Waals surface area contributed by atoms with E-state index in [9.17, 15) is 12.8 Å². The zero-order chi connectivity index (χ0) is 16.9. The molecule has 0 aliphatic rings. The zero-order valence-electron chi connectivity index (χ0n) is 12.9. The minimum atomic E-state index is -3.74. The van der Waals surface area contributed by atoms with E-state index in [1.165, 1.54) is 29.2 Å². The van der Waals surface area contributed by atoms with E-state index in [-0.39, 0.29) is 23.2 Å². The van der Waals surface area contributed by atoms with Crippen LogP contribution in [-0.2, 0) is 10.0 Å². The first-order valence-corrected chi connectivity index (χ1v) is 8.98. The Balaban J connectivity index is 2.20. The third-order valence-corrected chi connectivity index (χ3v) is 4.96. The molecule has 1 unspecified atom stereocenters. The van der Waals surface area contributed by atoms with Gasteiger partial charge in [0.05, 0.1) is 12.4 Å². The molecular weight excluding hydrogens is 319 g/mol. The standard InChI is InChI=1S/C15H21FN4O2S/c1-2-3-6-12(9-17)19-23(21,22)13-10-18-20(11-13)15-8-5-4-7-14(15)16/h4-5,7-8,10-12,19H,2-3,6,9,17H2,1H3. The van der Waals surface area contributed by atoms with Crippen LogP contribution >= 0.6 is 0 Å². The Morgan fingerprint density at radius 2 is 2.13 bits per heavy atom. The van der Waals surface area contributed by atoms with Gasteiger partial charge >= 0.3 is 0 Å². The number of nitrogens with one attached hydrogen (secondary N) is 1. The maximum Gasteiger partial charge on any atom is 0.244 e. The molecule has 126 valence electrons. The third kappa shape index (κ3) is 4.37. The van der Waals surface area contributed by atoms with Gasteiger partial charge in [-0.3, -0.25) is 0 Å². The summed E-state index contributed by atoms with van der Waals surface area (Å²) in [5, 5.41) is 3.94. The highest BCUT2D eigenvalue weighted by Gasteiger charge is 2.21. The van der Waals surface area contributed by atoms with E-state index < -0.39 is 15.8 Å². The van der Waals surface area contributed by atoms with E-state index in [0.717, 1.165) is 12.8 Å². The Labute approximate surface area is 135 Å². The second-order valence-corrected chi connectivity index (χ2v) is 6.98. The summed E-state index contributed by atoms with van der Waals surface area (Å²) in [4.78, 5) is -0.0179. The normalized spacial score (nSPS) is 13.2. The average molecular weight is 340 g/mol. The maximum atomic E-state index is 13.7. The minimum absolute atomic E-state index is 0.0179. The number of sulfonamides is 1. The number of unbranched alkanes of at least 4 members (excludes halogenated alkanes) is 1. The first kappa shape index (κ1) is 17.6. The van der Waals surface area contributed by atoms with Crippen molar-refractivity contribution in [2.75, 3.05) is 6.54 Å². The average Bonchev–Trinajstić information content (AvgIpc) is 3.02. The second-order valence-electron chi connectivity index (χ2n) is 5.27. The molecule has 0 saturated heterocycles. The lowest BCUT2D eigenvalue weighted by molar-refractivity contribution is 0.516. The fourth-order valence-corrected chi connectivity index (χ4v) is 3.39. The molecule has 2 aromatic rings. The van der Waals surface area contributed by atoms with Crippen molar-refractivity contribution in [3.05, 3.63) is 42.5 Å². The molecule has 0 aliphatic heterocycles. The van der Waals surface area contributed by atoms with E-state index >= 15 is 0 Å². The van der Waals surface area contributed by atoms with Crippen molar-refractivity contribution < 1.29 is 12.8 Å². The van der Waals surface area contributed by atoms with Gasteiger partial charge in [-0.05, 0) is 18.6 Å². The quantitative estimate of drug-likeness (QED) is 0.767. The van der Waals surface area contributed by atoms with Crippen LogP contribution in [0.15, 0.2) is 41.6 Å². The van der Waals surface area contributed by atoms with Crippen molar-refractivity contribution in [2.45, 2.75) is 37.1 Å². The molecule has 0 spiro atoms. The molecule has 0 radical (unpaired) electrons. The summed E-state index contributed by atoms with van der Waals surface area (Å²) in [6, 6.07) is 5.70. The molecule has 0 bridgehead atoms. The van der Waals surface area contributed by atoms with Gasteiger partial charge in [-0.1, -0.05) is 31.9 Å². The Kier molecular flexibility index (Phi) is 5.86. The molecule has 3 N–H and O–H groups in total. The number of para-hydroxylation sites is 1. The number of aromatic nitrogens is 2. The van der Waals surface area contributed by atoms with Gasteiger partial charge in [0.25, 0.3) is 0 Å². The highest BCUT2D eigenvalue weighted by Crippen LogP contribution is 2.15. The molecule has 0 fully saturated rings. The number of nitrogens with zero attached hydrogens (tertiary/aromatic N) is 2. The van der Waals surface area contributed by atoms with E-state index in [4.69, 9.17) is 5.73 Å². The van der Waals surface area contributed by atoms with Crippen molar-refractivity contribution in [1.82, 2.24) is 14.5 Å². The van der Waals surface area contributed by atoms with Gasteiger partial charge < -0.3 is 5.73 Å². The Hall–Kier alpha value is -1.77. The van der Waals surface area contributed by atoms with Gasteiger partial charge in [-0.2, -0.15) is 5.10 Å². The predicted octanol–water partition coefficient (Wildman–Crippen LogP) is 1.81. The SMILES string of the molecule is CCCCC(CN)NS(=O)(=O)c1cnn(-c2ccccc2F)c1. The second kappa shape index (κ2) is 7.67. The molecule has 8 heteroatoms. The summed E-state index contributed by atoms with van der Waals surface area (Å²) < 4.78 is 42.3. The molecule has 1 aromatic heterocycles. The molecule has 2 rings (SSSR count). The van der Waals surface area contributed by atoms with Crippen LogP contribution in [0.25, 0.3) is 5.69 Å². The van der Waals surface area contributed by atoms with Crippen LogP contribution in [0.4, 0.5) is 4.39 Å².